The summed E-state index contributed by atoms with van der Waals surface area (Å²) >= 11 is 0. The summed E-state index contributed by atoms with van der Waals surface area (Å²) in [6, 6.07) is 0. The Morgan fingerprint density at radius 2 is 2.06 bits per heavy atom. The van der Waals surface area contributed by atoms with Crippen LogP contribution in [0, 0.1) is 11.3 Å². The van der Waals surface area contributed by atoms with Crippen LogP contribution in [0.1, 0.15) is 32.1 Å². The topological polar surface area (TPSA) is 84.2 Å². The molecule has 1 atom stereocenters. The second kappa shape index (κ2) is 5.04. The molecule has 5 nitrogen and oxygen atoms in total. The van der Waals surface area contributed by atoms with Crippen LogP contribution >= 0.6 is 0 Å². The average molecular weight is 239 g/mol. The molecule has 0 aromatic rings. The first kappa shape index (κ1) is 12.4. The fourth-order valence-electron chi connectivity index (χ4n) is 2.79. The minimum atomic E-state index is -0.305. The van der Waals surface area contributed by atoms with Gasteiger partial charge in [-0.15, -0.1) is 0 Å². The van der Waals surface area contributed by atoms with Crippen molar-refractivity contribution in [2.45, 2.75) is 32.1 Å². The van der Waals surface area contributed by atoms with E-state index in [9.17, 15) is 9.59 Å². The zero-order valence-electron chi connectivity index (χ0n) is 10.1. The van der Waals surface area contributed by atoms with Crippen molar-refractivity contribution < 1.29 is 9.59 Å². The Bertz CT molecular complexity index is 311. The number of hydrogen-bond donors (Lipinski definition) is 3. The summed E-state index contributed by atoms with van der Waals surface area (Å²) in [5, 5.41) is 6.23. The predicted octanol–water partition coefficient (Wildman–Crippen LogP) is -0.242. The lowest BCUT2D eigenvalue weighted by molar-refractivity contribution is -0.123. The van der Waals surface area contributed by atoms with E-state index >= 15 is 0 Å². The SMILES string of the molecule is NC(=O)CCCNC(=O)C1CC12CCNCC2. The van der Waals surface area contributed by atoms with Crippen molar-refractivity contribution in [1.82, 2.24) is 10.6 Å². The van der Waals surface area contributed by atoms with Crippen LogP contribution in [0.2, 0.25) is 0 Å². The van der Waals surface area contributed by atoms with Crippen LogP contribution in [0.5, 0.6) is 0 Å². The van der Waals surface area contributed by atoms with Gasteiger partial charge in [-0.2, -0.15) is 0 Å². The van der Waals surface area contributed by atoms with Gasteiger partial charge in [0.05, 0.1) is 0 Å². The molecule has 0 aromatic heterocycles. The molecule has 17 heavy (non-hydrogen) atoms. The lowest BCUT2D eigenvalue weighted by Gasteiger charge is -2.23. The van der Waals surface area contributed by atoms with Crippen molar-refractivity contribution in [2.75, 3.05) is 19.6 Å². The molecule has 2 aliphatic rings. The second-order valence-corrected chi connectivity index (χ2v) is 5.23. The lowest BCUT2D eigenvalue weighted by atomic mass is 9.92. The average Bonchev–Trinajstić information content (AvgIpc) is 2.99. The van der Waals surface area contributed by atoms with Crippen LogP contribution in [-0.4, -0.2) is 31.4 Å². The Hall–Kier alpha value is -1.10. The molecule has 5 heteroatoms. The van der Waals surface area contributed by atoms with E-state index in [0.29, 0.717) is 24.8 Å². The maximum Gasteiger partial charge on any atom is 0.223 e. The summed E-state index contributed by atoms with van der Waals surface area (Å²) in [6.45, 7) is 2.63. The Labute approximate surface area is 102 Å². The molecule has 4 N–H and O–H groups in total. The quantitative estimate of drug-likeness (QED) is 0.579. The maximum absolute atomic E-state index is 11.9. The first-order valence-corrected chi connectivity index (χ1v) is 6.41. The number of hydrogen-bond acceptors (Lipinski definition) is 3. The number of primary amides is 1. The van der Waals surface area contributed by atoms with E-state index in [2.05, 4.69) is 10.6 Å². The van der Waals surface area contributed by atoms with Crippen LogP contribution in [-0.2, 0) is 9.59 Å². The van der Waals surface area contributed by atoms with Gasteiger partial charge in [-0.3, -0.25) is 9.59 Å². The molecule has 1 aliphatic heterocycles. The summed E-state index contributed by atoms with van der Waals surface area (Å²) in [7, 11) is 0. The molecule has 0 aromatic carbocycles. The number of amides is 2. The molecule has 1 saturated carbocycles. The summed E-state index contributed by atoms with van der Waals surface area (Å²) < 4.78 is 0. The van der Waals surface area contributed by atoms with E-state index in [4.69, 9.17) is 5.73 Å². The summed E-state index contributed by atoms with van der Waals surface area (Å²) in [5.74, 6) is 0.0649. The van der Waals surface area contributed by atoms with Gasteiger partial charge in [0.25, 0.3) is 0 Å². The van der Waals surface area contributed by atoms with E-state index in [-0.39, 0.29) is 17.7 Å². The normalized spacial score (nSPS) is 25.5. The van der Waals surface area contributed by atoms with E-state index in [1.807, 2.05) is 0 Å². The van der Waals surface area contributed by atoms with Crippen molar-refractivity contribution in [3.05, 3.63) is 0 Å². The molecule has 1 saturated heterocycles. The van der Waals surface area contributed by atoms with Gasteiger partial charge < -0.3 is 16.4 Å². The van der Waals surface area contributed by atoms with Crippen molar-refractivity contribution in [2.24, 2.45) is 17.1 Å². The fraction of sp³-hybridized carbons (Fsp3) is 0.833. The van der Waals surface area contributed by atoms with E-state index in [1.165, 1.54) is 0 Å². The van der Waals surface area contributed by atoms with Crippen LogP contribution in [0.3, 0.4) is 0 Å². The standard InChI is InChI=1S/C12H21N3O2/c13-10(16)2-1-5-15-11(17)9-8-12(9)3-6-14-7-4-12/h9,14H,1-8H2,(H2,13,16)(H,15,17). The highest BCUT2D eigenvalue weighted by Crippen LogP contribution is 2.58. The highest BCUT2D eigenvalue weighted by molar-refractivity contribution is 5.82. The Morgan fingerprint density at radius 1 is 1.35 bits per heavy atom. The molecule has 1 spiro atoms. The number of nitrogens with two attached hydrogens (primary N) is 1. The molecule has 1 aliphatic carbocycles. The van der Waals surface area contributed by atoms with E-state index < -0.39 is 0 Å². The third kappa shape index (κ3) is 2.97. The van der Waals surface area contributed by atoms with Gasteiger partial charge in [0.2, 0.25) is 11.8 Å². The highest BCUT2D eigenvalue weighted by Gasteiger charge is 2.57. The van der Waals surface area contributed by atoms with Gasteiger partial charge in [0.1, 0.15) is 0 Å². The first-order valence-electron chi connectivity index (χ1n) is 6.41. The molecular weight excluding hydrogens is 218 g/mol. The smallest absolute Gasteiger partial charge is 0.223 e. The minimum Gasteiger partial charge on any atom is -0.370 e. The van der Waals surface area contributed by atoms with Crippen LogP contribution in [0.4, 0.5) is 0 Å². The van der Waals surface area contributed by atoms with Crippen molar-refractivity contribution in [3.63, 3.8) is 0 Å². The first-order chi connectivity index (χ1) is 8.14. The molecule has 0 radical (unpaired) electrons. The second-order valence-electron chi connectivity index (χ2n) is 5.23. The Balaban J connectivity index is 1.66. The zero-order valence-corrected chi connectivity index (χ0v) is 10.1. The molecule has 0 bridgehead atoms. The van der Waals surface area contributed by atoms with Gasteiger partial charge in [-0.1, -0.05) is 0 Å². The number of piperidine rings is 1. The number of carbonyl (C=O) groups is 2. The molecule has 2 rings (SSSR count). The molecule has 2 fully saturated rings. The van der Waals surface area contributed by atoms with Crippen molar-refractivity contribution in [1.29, 1.82) is 0 Å². The van der Waals surface area contributed by atoms with Crippen LogP contribution in [0.15, 0.2) is 0 Å². The number of nitrogens with one attached hydrogen (secondary N) is 2. The molecule has 1 unspecified atom stereocenters. The largest absolute Gasteiger partial charge is 0.370 e. The molecule has 1 heterocycles. The molecule has 2 amide bonds. The fourth-order valence-corrected chi connectivity index (χ4v) is 2.79. The van der Waals surface area contributed by atoms with Gasteiger partial charge in [-0.05, 0) is 44.2 Å². The number of carbonyl (C=O) groups excluding carboxylic acids is 2. The summed E-state index contributed by atoms with van der Waals surface area (Å²) in [5.41, 5.74) is 5.33. The predicted molar refractivity (Wildman–Crippen MR) is 64.1 cm³/mol. The van der Waals surface area contributed by atoms with Gasteiger partial charge in [-0.25, -0.2) is 0 Å². The van der Waals surface area contributed by atoms with Crippen LogP contribution < -0.4 is 16.4 Å². The van der Waals surface area contributed by atoms with Crippen molar-refractivity contribution in [3.8, 4) is 0 Å². The Kier molecular flexibility index (Phi) is 3.66. The number of rotatable bonds is 5. The van der Waals surface area contributed by atoms with Crippen LogP contribution in [0.25, 0.3) is 0 Å². The molecular formula is C12H21N3O2. The Morgan fingerprint density at radius 3 is 2.71 bits per heavy atom. The summed E-state index contributed by atoms with van der Waals surface area (Å²) in [6.07, 6.45) is 4.26. The van der Waals surface area contributed by atoms with E-state index in [1.54, 1.807) is 0 Å². The van der Waals surface area contributed by atoms with Gasteiger partial charge >= 0.3 is 0 Å². The van der Waals surface area contributed by atoms with Gasteiger partial charge in [0, 0.05) is 18.9 Å². The van der Waals surface area contributed by atoms with Crippen molar-refractivity contribution >= 4 is 11.8 Å². The third-order valence-electron chi connectivity index (χ3n) is 4.00. The maximum atomic E-state index is 11.9. The molecule has 96 valence electrons. The monoisotopic (exact) mass is 239 g/mol. The zero-order chi connectivity index (χ0) is 12.3. The minimum absolute atomic E-state index is 0.163. The van der Waals surface area contributed by atoms with Gasteiger partial charge in [0.15, 0.2) is 0 Å². The van der Waals surface area contributed by atoms with E-state index in [0.717, 1.165) is 32.4 Å². The highest BCUT2D eigenvalue weighted by atomic mass is 16.2. The summed E-state index contributed by atoms with van der Waals surface area (Å²) in [4.78, 5) is 22.4. The third-order valence-corrected chi connectivity index (χ3v) is 4.00. The lowest BCUT2D eigenvalue weighted by Crippen LogP contribution is -2.34.